The van der Waals surface area contributed by atoms with E-state index in [1.807, 2.05) is 0 Å². The average Bonchev–Trinajstić information content (AvgIpc) is 2.71. The van der Waals surface area contributed by atoms with E-state index in [-0.39, 0.29) is 11.4 Å². The van der Waals surface area contributed by atoms with Gasteiger partial charge in [0.05, 0.1) is 6.61 Å². The van der Waals surface area contributed by atoms with Gasteiger partial charge in [-0.25, -0.2) is 15.0 Å². The first-order valence-electron chi connectivity index (χ1n) is 11.8. The maximum atomic E-state index is 9.36. The molecule has 0 spiro atoms. The molecule has 0 amide bonds. The summed E-state index contributed by atoms with van der Waals surface area (Å²) in [5, 5.41) is 9.36. The van der Waals surface area contributed by atoms with E-state index in [1.165, 1.54) is 31.2 Å². The van der Waals surface area contributed by atoms with Gasteiger partial charge in [0.15, 0.2) is 0 Å². The second-order valence-corrected chi connectivity index (χ2v) is 10.3. The van der Waals surface area contributed by atoms with Crippen LogP contribution < -0.4 is 9.64 Å². The highest BCUT2D eigenvalue weighted by atomic mass is 16.5. The lowest BCUT2D eigenvalue weighted by Crippen LogP contribution is -2.48. The van der Waals surface area contributed by atoms with Crippen molar-refractivity contribution < 1.29 is 9.84 Å². The Bertz CT molecular complexity index is 904. The summed E-state index contributed by atoms with van der Waals surface area (Å²) in [4.78, 5) is 22.4. The molecule has 1 atom stereocenters. The van der Waals surface area contributed by atoms with Gasteiger partial charge in [0.1, 0.15) is 11.6 Å². The monoisotopic (exact) mass is 440 g/mol. The van der Waals surface area contributed by atoms with Crippen LogP contribution in [0.1, 0.15) is 64.4 Å². The third-order valence-electron chi connectivity index (χ3n) is 6.33. The zero-order valence-electron chi connectivity index (χ0n) is 19.8. The lowest BCUT2D eigenvalue weighted by molar-refractivity contribution is 0.174. The van der Waals surface area contributed by atoms with Crippen LogP contribution in [0.15, 0.2) is 18.3 Å². The van der Waals surface area contributed by atoms with E-state index < -0.39 is 0 Å². The predicted octanol–water partition coefficient (Wildman–Crippen LogP) is 3.37. The number of aromatic nitrogens is 4. The Balaban J connectivity index is 1.32. The molecule has 0 bridgehead atoms. The molecule has 0 radical (unpaired) electrons. The summed E-state index contributed by atoms with van der Waals surface area (Å²) in [7, 11) is 0. The van der Waals surface area contributed by atoms with Crippen molar-refractivity contribution in [2.75, 3.05) is 44.2 Å². The molecular formula is C24H36N6O2. The Hall–Kier alpha value is -2.48. The minimum atomic E-state index is -0.258. The summed E-state index contributed by atoms with van der Waals surface area (Å²) in [6.07, 6.45) is 5.31. The molecule has 32 heavy (non-hydrogen) atoms. The minimum absolute atomic E-state index is 0.0494. The SMILES string of the molecule is CC(COc1ccnc(O)n1)CN1CCN(c2cc(C3CCC3)nc(C(C)(C)C)n2)CC1. The van der Waals surface area contributed by atoms with Crippen LogP contribution in [-0.2, 0) is 5.41 Å². The van der Waals surface area contributed by atoms with E-state index in [9.17, 15) is 5.11 Å². The molecule has 1 aliphatic heterocycles. The lowest BCUT2D eigenvalue weighted by Gasteiger charge is -2.37. The molecule has 8 nitrogen and oxygen atoms in total. The average molecular weight is 441 g/mol. The van der Waals surface area contributed by atoms with Crippen LogP contribution in [0.3, 0.4) is 0 Å². The molecule has 2 aromatic heterocycles. The van der Waals surface area contributed by atoms with Gasteiger partial charge in [0, 0.05) is 74.0 Å². The van der Waals surface area contributed by atoms with Crippen LogP contribution in [-0.4, -0.2) is 69.3 Å². The summed E-state index contributed by atoms with van der Waals surface area (Å²) >= 11 is 0. The van der Waals surface area contributed by atoms with Gasteiger partial charge in [0.2, 0.25) is 5.88 Å². The first-order chi connectivity index (χ1) is 15.3. The lowest BCUT2D eigenvalue weighted by atomic mass is 9.82. The number of ether oxygens (including phenoxy) is 1. The molecule has 0 aromatic carbocycles. The van der Waals surface area contributed by atoms with Crippen LogP contribution in [0.5, 0.6) is 11.9 Å². The van der Waals surface area contributed by atoms with Gasteiger partial charge in [-0.3, -0.25) is 4.90 Å². The topological polar surface area (TPSA) is 87.5 Å². The highest BCUT2D eigenvalue weighted by Gasteiger charge is 2.28. The standard InChI is InChI=1S/C24H36N6O2/c1-17(16-32-21-8-9-25-23(31)28-21)15-29-10-12-30(13-11-29)20-14-19(18-6-5-7-18)26-22(27-20)24(2,3)4/h8-9,14,17-18H,5-7,10-13,15-16H2,1-4H3,(H,25,28,31). The fourth-order valence-electron chi connectivity index (χ4n) is 4.16. The molecule has 1 N–H and O–H groups in total. The van der Waals surface area contributed by atoms with E-state index in [2.05, 4.69) is 53.5 Å². The first kappa shape index (κ1) is 22.7. The molecular weight excluding hydrogens is 404 g/mol. The molecule has 174 valence electrons. The van der Waals surface area contributed by atoms with Crippen LogP contribution >= 0.6 is 0 Å². The molecule has 2 fully saturated rings. The van der Waals surface area contributed by atoms with Gasteiger partial charge in [-0.05, 0) is 12.8 Å². The van der Waals surface area contributed by atoms with Gasteiger partial charge < -0.3 is 14.7 Å². The van der Waals surface area contributed by atoms with E-state index in [1.54, 1.807) is 6.07 Å². The maximum absolute atomic E-state index is 9.36. The fraction of sp³-hybridized carbons (Fsp3) is 0.667. The first-order valence-corrected chi connectivity index (χ1v) is 11.8. The van der Waals surface area contributed by atoms with E-state index in [4.69, 9.17) is 14.7 Å². The molecule has 1 unspecified atom stereocenters. The minimum Gasteiger partial charge on any atom is -0.479 e. The fourth-order valence-corrected chi connectivity index (χ4v) is 4.16. The number of rotatable bonds is 7. The Kier molecular flexibility index (Phi) is 6.79. The van der Waals surface area contributed by atoms with Crippen LogP contribution in [0.4, 0.5) is 5.82 Å². The Labute approximate surface area is 191 Å². The molecule has 4 rings (SSSR count). The van der Waals surface area contributed by atoms with Crippen molar-refractivity contribution in [2.24, 2.45) is 5.92 Å². The van der Waals surface area contributed by atoms with Crippen molar-refractivity contribution in [1.82, 2.24) is 24.8 Å². The molecule has 1 saturated carbocycles. The molecule has 2 aliphatic rings. The molecule has 2 aromatic rings. The third kappa shape index (κ3) is 5.65. The summed E-state index contributed by atoms with van der Waals surface area (Å²) in [6.45, 7) is 14.2. The smallest absolute Gasteiger partial charge is 0.317 e. The van der Waals surface area contributed by atoms with Crippen LogP contribution in [0.2, 0.25) is 0 Å². The van der Waals surface area contributed by atoms with Crippen molar-refractivity contribution in [3.63, 3.8) is 0 Å². The number of hydrogen-bond acceptors (Lipinski definition) is 8. The summed E-state index contributed by atoms with van der Waals surface area (Å²) in [5.74, 6) is 3.43. The molecule has 3 heterocycles. The van der Waals surface area contributed by atoms with Crippen molar-refractivity contribution in [2.45, 2.75) is 58.3 Å². The second kappa shape index (κ2) is 9.57. The zero-order chi connectivity index (χ0) is 22.7. The highest BCUT2D eigenvalue weighted by molar-refractivity contribution is 5.42. The molecule has 1 saturated heterocycles. The van der Waals surface area contributed by atoms with Crippen molar-refractivity contribution in [3.8, 4) is 11.9 Å². The Morgan fingerprint density at radius 3 is 2.50 bits per heavy atom. The number of piperazine rings is 1. The zero-order valence-corrected chi connectivity index (χ0v) is 19.8. The van der Waals surface area contributed by atoms with Crippen LogP contribution in [0.25, 0.3) is 0 Å². The third-order valence-corrected chi connectivity index (χ3v) is 6.33. The summed E-state index contributed by atoms with van der Waals surface area (Å²) < 4.78 is 5.71. The van der Waals surface area contributed by atoms with Gasteiger partial charge >= 0.3 is 6.01 Å². The molecule has 1 aliphatic carbocycles. The van der Waals surface area contributed by atoms with Crippen molar-refractivity contribution >= 4 is 5.82 Å². The molecule has 8 heteroatoms. The summed E-state index contributed by atoms with van der Waals surface area (Å²) in [6, 6.07) is 3.64. The quantitative estimate of drug-likeness (QED) is 0.701. The number of nitrogens with zero attached hydrogens (tertiary/aromatic N) is 6. The van der Waals surface area contributed by atoms with Gasteiger partial charge in [-0.2, -0.15) is 4.98 Å². The largest absolute Gasteiger partial charge is 0.479 e. The number of anilines is 1. The Morgan fingerprint density at radius 2 is 1.88 bits per heavy atom. The normalized spacial score (nSPS) is 18.9. The van der Waals surface area contributed by atoms with Gasteiger partial charge in [0.25, 0.3) is 0 Å². The second-order valence-electron chi connectivity index (χ2n) is 10.3. The number of aromatic hydroxyl groups is 1. The Morgan fingerprint density at radius 1 is 1.12 bits per heavy atom. The van der Waals surface area contributed by atoms with Crippen molar-refractivity contribution in [1.29, 1.82) is 0 Å². The van der Waals surface area contributed by atoms with Crippen LogP contribution in [0, 0.1) is 5.92 Å². The van der Waals surface area contributed by atoms with Crippen molar-refractivity contribution in [3.05, 3.63) is 29.8 Å². The summed E-state index contributed by atoms with van der Waals surface area (Å²) in [5.41, 5.74) is 1.18. The maximum Gasteiger partial charge on any atom is 0.317 e. The predicted molar refractivity (Wildman–Crippen MR) is 124 cm³/mol. The van der Waals surface area contributed by atoms with E-state index in [0.717, 1.165) is 44.4 Å². The van der Waals surface area contributed by atoms with Gasteiger partial charge in [-0.15, -0.1) is 0 Å². The highest BCUT2D eigenvalue weighted by Crippen LogP contribution is 2.37. The number of hydrogen-bond donors (Lipinski definition) is 1. The van der Waals surface area contributed by atoms with Gasteiger partial charge in [-0.1, -0.05) is 34.1 Å². The van der Waals surface area contributed by atoms with E-state index >= 15 is 0 Å². The van der Waals surface area contributed by atoms with E-state index in [0.29, 0.717) is 24.3 Å².